The van der Waals surface area contributed by atoms with E-state index in [0.29, 0.717) is 5.54 Å². The van der Waals surface area contributed by atoms with Gasteiger partial charge in [-0.1, -0.05) is 12.5 Å². The number of hydrogen-bond acceptors (Lipinski definition) is 3. The lowest BCUT2D eigenvalue weighted by Crippen LogP contribution is -2.56. The van der Waals surface area contributed by atoms with Gasteiger partial charge in [-0.15, -0.1) is 11.3 Å². The molecule has 0 N–H and O–H groups in total. The van der Waals surface area contributed by atoms with Gasteiger partial charge >= 0.3 is 0 Å². The van der Waals surface area contributed by atoms with Crippen LogP contribution in [-0.4, -0.2) is 47.9 Å². The van der Waals surface area contributed by atoms with Gasteiger partial charge in [-0.3, -0.25) is 4.79 Å². The molecule has 0 aromatic carbocycles. The van der Waals surface area contributed by atoms with Crippen LogP contribution in [0.4, 0.5) is 0 Å². The summed E-state index contributed by atoms with van der Waals surface area (Å²) in [6.45, 7) is 3.06. The Hall–Kier alpha value is -0.870. The van der Waals surface area contributed by atoms with Gasteiger partial charge in [0.25, 0.3) is 5.91 Å². The van der Waals surface area contributed by atoms with Gasteiger partial charge in [-0.2, -0.15) is 0 Å². The van der Waals surface area contributed by atoms with E-state index in [1.54, 1.807) is 11.3 Å². The predicted molar refractivity (Wildman–Crippen MR) is 78.7 cm³/mol. The molecule has 19 heavy (non-hydrogen) atoms. The van der Waals surface area contributed by atoms with Gasteiger partial charge in [0.15, 0.2) is 0 Å². The van der Waals surface area contributed by atoms with Crippen LogP contribution in [0, 0.1) is 0 Å². The van der Waals surface area contributed by atoms with Gasteiger partial charge in [0.2, 0.25) is 0 Å². The summed E-state index contributed by atoms with van der Waals surface area (Å²) in [6, 6.07) is 3.89. The Balaban J connectivity index is 1.64. The number of hydrogen-bond donors (Lipinski definition) is 0. The molecule has 0 radical (unpaired) electrons. The van der Waals surface area contributed by atoms with E-state index >= 15 is 0 Å². The molecule has 0 bridgehead atoms. The number of carbonyl (C=O) groups is 1. The Labute approximate surface area is 119 Å². The summed E-state index contributed by atoms with van der Waals surface area (Å²) < 4.78 is 0. The fourth-order valence-electron chi connectivity index (χ4n) is 3.54. The summed E-state index contributed by atoms with van der Waals surface area (Å²) in [5.41, 5.74) is 0.379. The summed E-state index contributed by atoms with van der Waals surface area (Å²) in [6.07, 6.45) is 6.27. The third-order valence-electron chi connectivity index (χ3n) is 4.91. The summed E-state index contributed by atoms with van der Waals surface area (Å²) >= 11 is 1.55. The smallest absolute Gasteiger partial charge is 0.263 e. The number of thiophene rings is 1. The second-order valence-corrected chi connectivity index (χ2v) is 6.82. The van der Waals surface area contributed by atoms with Crippen LogP contribution in [0.15, 0.2) is 17.5 Å². The van der Waals surface area contributed by atoms with Gasteiger partial charge < -0.3 is 9.80 Å². The van der Waals surface area contributed by atoms with E-state index < -0.39 is 0 Å². The first kappa shape index (κ1) is 13.1. The second kappa shape index (κ2) is 5.25. The molecule has 1 spiro atoms. The first-order valence-electron chi connectivity index (χ1n) is 7.25. The van der Waals surface area contributed by atoms with Gasteiger partial charge in [-0.05, 0) is 50.7 Å². The van der Waals surface area contributed by atoms with E-state index in [0.717, 1.165) is 30.8 Å². The summed E-state index contributed by atoms with van der Waals surface area (Å²) in [7, 11) is 2.26. The number of piperidine rings is 2. The minimum Gasteiger partial charge on any atom is -0.338 e. The largest absolute Gasteiger partial charge is 0.338 e. The van der Waals surface area contributed by atoms with Crippen molar-refractivity contribution in [3.63, 3.8) is 0 Å². The zero-order chi connectivity index (χ0) is 13.3. The maximum atomic E-state index is 12.3. The molecule has 4 heteroatoms. The Morgan fingerprint density at radius 3 is 2.63 bits per heavy atom. The molecule has 3 heterocycles. The van der Waals surface area contributed by atoms with Crippen molar-refractivity contribution in [3.05, 3.63) is 22.4 Å². The average Bonchev–Trinajstić information content (AvgIpc) is 2.96. The van der Waals surface area contributed by atoms with Crippen LogP contribution in [0.25, 0.3) is 0 Å². The molecule has 3 nitrogen and oxygen atoms in total. The number of amides is 1. The van der Waals surface area contributed by atoms with Gasteiger partial charge in [0, 0.05) is 18.6 Å². The number of rotatable bonds is 1. The maximum absolute atomic E-state index is 12.3. The van der Waals surface area contributed by atoms with E-state index in [1.807, 2.05) is 22.4 Å². The highest BCUT2D eigenvalue weighted by Crippen LogP contribution is 2.36. The molecule has 2 saturated heterocycles. The minimum atomic E-state index is 0.225. The normalized spacial score (nSPS) is 23.7. The zero-order valence-electron chi connectivity index (χ0n) is 11.6. The van der Waals surface area contributed by atoms with Gasteiger partial charge in [0.05, 0.1) is 4.88 Å². The Morgan fingerprint density at radius 1 is 1.21 bits per heavy atom. The van der Waals surface area contributed by atoms with E-state index in [-0.39, 0.29) is 5.91 Å². The second-order valence-electron chi connectivity index (χ2n) is 5.87. The molecule has 0 aliphatic carbocycles. The lowest BCUT2D eigenvalue weighted by molar-refractivity contribution is 0.0113. The molecule has 2 aliphatic heterocycles. The monoisotopic (exact) mass is 278 g/mol. The predicted octanol–water partition coefficient (Wildman–Crippen LogP) is 2.84. The fraction of sp³-hybridized carbons (Fsp3) is 0.667. The lowest BCUT2D eigenvalue weighted by atomic mass is 9.79. The molecule has 1 aromatic rings. The molecule has 1 amide bonds. The standard InChI is InChI=1S/C15H22N2OS/c1-16-9-3-2-6-15(16)7-10-17(11-8-15)14(18)13-5-4-12-19-13/h4-5,12H,2-3,6-11H2,1H3. The quantitative estimate of drug-likeness (QED) is 0.788. The van der Waals surface area contributed by atoms with E-state index in [1.165, 1.54) is 25.8 Å². The summed E-state index contributed by atoms with van der Waals surface area (Å²) in [5, 5.41) is 1.98. The lowest BCUT2D eigenvalue weighted by Gasteiger charge is -2.50. The number of likely N-dealkylation sites (tertiary alicyclic amines) is 2. The van der Waals surface area contributed by atoms with Crippen molar-refractivity contribution in [1.29, 1.82) is 0 Å². The van der Waals surface area contributed by atoms with Crippen LogP contribution in [-0.2, 0) is 0 Å². The topological polar surface area (TPSA) is 23.6 Å². The van der Waals surface area contributed by atoms with Crippen LogP contribution in [0.3, 0.4) is 0 Å². The highest BCUT2D eigenvalue weighted by atomic mass is 32.1. The van der Waals surface area contributed by atoms with E-state index in [9.17, 15) is 4.79 Å². The van der Waals surface area contributed by atoms with Crippen LogP contribution in [0.1, 0.15) is 41.8 Å². The third kappa shape index (κ3) is 2.43. The third-order valence-corrected chi connectivity index (χ3v) is 5.77. The van der Waals surface area contributed by atoms with Crippen LogP contribution < -0.4 is 0 Å². The highest BCUT2D eigenvalue weighted by molar-refractivity contribution is 7.12. The van der Waals surface area contributed by atoms with Crippen molar-refractivity contribution in [2.24, 2.45) is 0 Å². The fourth-order valence-corrected chi connectivity index (χ4v) is 4.24. The first-order chi connectivity index (χ1) is 9.21. The Kier molecular flexibility index (Phi) is 3.63. The number of carbonyl (C=O) groups excluding carboxylic acids is 1. The van der Waals surface area contributed by atoms with Crippen LogP contribution >= 0.6 is 11.3 Å². The Bertz CT molecular complexity index is 435. The van der Waals surface area contributed by atoms with Crippen molar-refractivity contribution in [1.82, 2.24) is 9.80 Å². The summed E-state index contributed by atoms with van der Waals surface area (Å²) in [5.74, 6) is 0.225. The first-order valence-corrected chi connectivity index (χ1v) is 8.13. The zero-order valence-corrected chi connectivity index (χ0v) is 12.4. The molecular weight excluding hydrogens is 256 g/mol. The summed E-state index contributed by atoms with van der Waals surface area (Å²) in [4.78, 5) is 17.8. The SMILES string of the molecule is CN1CCCCC12CCN(C(=O)c1cccs1)CC2. The van der Waals surface area contributed by atoms with Crippen molar-refractivity contribution in [2.75, 3.05) is 26.7 Å². The molecule has 0 atom stereocenters. The molecule has 2 fully saturated rings. The molecular formula is C15H22N2OS. The van der Waals surface area contributed by atoms with Crippen molar-refractivity contribution in [3.8, 4) is 0 Å². The van der Waals surface area contributed by atoms with Gasteiger partial charge in [0.1, 0.15) is 0 Å². The number of nitrogens with zero attached hydrogens (tertiary/aromatic N) is 2. The molecule has 0 unspecified atom stereocenters. The van der Waals surface area contributed by atoms with Crippen molar-refractivity contribution in [2.45, 2.75) is 37.6 Å². The molecule has 0 saturated carbocycles. The van der Waals surface area contributed by atoms with Crippen molar-refractivity contribution < 1.29 is 4.79 Å². The average molecular weight is 278 g/mol. The maximum Gasteiger partial charge on any atom is 0.263 e. The van der Waals surface area contributed by atoms with Gasteiger partial charge in [-0.25, -0.2) is 0 Å². The minimum absolute atomic E-state index is 0.225. The van der Waals surface area contributed by atoms with Crippen molar-refractivity contribution >= 4 is 17.2 Å². The highest BCUT2D eigenvalue weighted by Gasteiger charge is 2.40. The van der Waals surface area contributed by atoms with Crippen LogP contribution in [0.5, 0.6) is 0 Å². The molecule has 3 rings (SSSR count). The molecule has 1 aromatic heterocycles. The Morgan fingerprint density at radius 2 is 2.00 bits per heavy atom. The van der Waals surface area contributed by atoms with E-state index in [4.69, 9.17) is 0 Å². The van der Waals surface area contributed by atoms with E-state index in [2.05, 4.69) is 11.9 Å². The van der Waals surface area contributed by atoms with Crippen LogP contribution in [0.2, 0.25) is 0 Å². The molecule has 104 valence electrons. The molecule has 2 aliphatic rings.